The highest BCUT2D eigenvalue weighted by molar-refractivity contribution is 7.84. The number of nitrogens with zero attached hydrogens (tertiary/aromatic N) is 1. The van der Waals surface area contributed by atoms with Gasteiger partial charge in [0.1, 0.15) is 16.7 Å². The van der Waals surface area contributed by atoms with Crippen molar-refractivity contribution < 1.29 is 29.1 Å². The summed E-state index contributed by atoms with van der Waals surface area (Å²) in [5, 5.41) is 31.2. The molecule has 1 saturated heterocycles. The summed E-state index contributed by atoms with van der Waals surface area (Å²) in [7, 11) is -1.57. The van der Waals surface area contributed by atoms with E-state index in [-0.39, 0.29) is 24.0 Å². The predicted molar refractivity (Wildman–Crippen MR) is 144 cm³/mol. The van der Waals surface area contributed by atoms with Crippen LogP contribution in [0.3, 0.4) is 0 Å². The van der Waals surface area contributed by atoms with Crippen LogP contribution in [0.4, 0.5) is 0 Å². The van der Waals surface area contributed by atoms with Crippen molar-refractivity contribution in [2.45, 2.75) is 62.9 Å². The quantitative estimate of drug-likeness (QED) is 0.363. The maximum Gasteiger partial charge on any atom is 0.233 e. The van der Waals surface area contributed by atoms with Crippen LogP contribution < -0.4 is 9.46 Å². The molecule has 0 spiro atoms. The molecule has 1 aromatic heterocycles. The van der Waals surface area contributed by atoms with Gasteiger partial charge < -0.3 is 20.1 Å². The van der Waals surface area contributed by atoms with E-state index < -0.39 is 27.9 Å². The first kappa shape index (κ1) is 26.3. The molecule has 0 bridgehead atoms. The van der Waals surface area contributed by atoms with E-state index in [1.165, 1.54) is 0 Å². The first-order valence-corrected chi connectivity index (χ1v) is 13.9. The fourth-order valence-corrected chi connectivity index (χ4v) is 6.52. The summed E-state index contributed by atoms with van der Waals surface area (Å²) in [6.45, 7) is 5.76. The van der Waals surface area contributed by atoms with E-state index in [1.807, 2.05) is 43.3 Å². The number of nitrogens with one attached hydrogen (secondary N) is 1. The second-order valence-electron chi connectivity index (χ2n) is 10.6. The minimum atomic E-state index is -1.57. The number of carbonyl (C=O) groups excluding carboxylic acids is 1. The number of amides is 1. The first-order chi connectivity index (χ1) is 18.0. The smallest absolute Gasteiger partial charge is 0.233 e. The average Bonchev–Trinajstić information content (AvgIpc) is 3.35. The standard InChI is InChI=1S/C29H32N2O6S/c1-16-18(9-10-27(30-16)37-12-11-29(2,3)35)19-5-4-6-20-22(19)14-24(33)28(20)17-7-8-21(23(32)13-17)25-15-26(34)31-38(25)36/h4-10,13,24-25,28,32-33,35H,11-12,14-15H2,1-3H3,(H,31,34)/t24-,25?,28?,38?/m1/s1. The van der Waals surface area contributed by atoms with Crippen LogP contribution >= 0.6 is 0 Å². The van der Waals surface area contributed by atoms with E-state index in [1.54, 1.807) is 26.0 Å². The van der Waals surface area contributed by atoms with Crippen LogP contribution in [0.2, 0.25) is 0 Å². The summed E-state index contributed by atoms with van der Waals surface area (Å²) < 4.78 is 20.3. The van der Waals surface area contributed by atoms with Crippen LogP contribution in [-0.4, -0.2) is 48.7 Å². The Kier molecular flexibility index (Phi) is 7.02. The Labute approximate surface area is 224 Å². The van der Waals surface area contributed by atoms with Gasteiger partial charge in [0.25, 0.3) is 0 Å². The van der Waals surface area contributed by atoms with Crippen molar-refractivity contribution in [1.82, 2.24) is 9.71 Å². The Balaban J connectivity index is 1.42. The zero-order chi connectivity index (χ0) is 27.2. The molecular weight excluding hydrogens is 504 g/mol. The number of pyridine rings is 1. The lowest BCUT2D eigenvalue weighted by Crippen LogP contribution is -2.22. The Bertz CT molecular complexity index is 1420. The van der Waals surface area contributed by atoms with E-state index in [0.29, 0.717) is 30.9 Å². The predicted octanol–water partition coefficient (Wildman–Crippen LogP) is 3.58. The summed E-state index contributed by atoms with van der Waals surface area (Å²) in [6, 6.07) is 14.9. The van der Waals surface area contributed by atoms with Gasteiger partial charge in [-0.1, -0.05) is 30.3 Å². The Morgan fingerprint density at radius 2 is 1.89 bits per heavy atom. The molecule has 0 saturated carbocycles. The van der Waals surface area contributed by atoms with Gasteiger partial charge in [0, 0.05) is 48.1 Å². The number of aromatic hydroxyl groups is 1. The number of aliphatic hydroxyl groups excluding tert-OH is 1. The van der Waals surface area contributed by atoms with Crippen molar-refractivity contribution in [2.24, 2.45) is 0 Å². The van der Waals surface area contributed by atoms with Gasteiger partial charge in [-0.25, -0.2) is 9.19 Å². The molecule has 2 aromatic carbocycles. The third-order valence-electron chi connectivity index (χ3n) is 7.26. The van der Waals surface area contributed by atoms with Crippen molar-refractivity contribution in [3.63, 3.8) is 0 Å². The van der Waals surface area contributed by atoms with Crippen LogP contribution in [0.25, 0.3) is 11.1 Å². The van der Waals surface area contributed by atoms with Gasteiger partial charge in [0.15, 0.2) is 0 Å². The lowest BCUT2D eigenvalue weighted by molar-refractivity contribution is -0.118. The molecule has 1 amide bonds. The number of aryl methyl sites for hydroxylation is 1. The largest absolute Gasteiger partial charge is 0.508 e. The van der Waals surface area contributed by atoms with E-state index in [2.05, 4.69) is 9.71 Å². The molecule has 4 N–H and O–H groups in total. The van der Waals surface area contributed by atoms with Crippen molar-refractivity contribution >= 4 is 16.9 Å². The van der Waals surface area contributed by atoms with Gasteiger partial charge in [0.2, 0.25) is 11.8 Å². The molecule has 2 aliphatic rings. The molecule has 3 unspecified atom stereocenters. The maximum absolute atomic E-state index is 12.2. The monoisotopic (exact) mass is 536 g/mol. The first-order valence-electron chi connectivity index (χ1n) is 12.7. The fraction of sp³-hybridized carbons (Fsp3) is 0.379. The minimum absolute atomic E-state index is 0.0330. The molecule has 5 rings (SSSR count). The normalized spacial score (nSPS) is 22.8. The number of phenolic OH excluding ortho intramolecular Hbond substituents is 1. The summed E-state index contributed by atoms with van der Waals surface area (Å²) >= 11 is 0. The number of carbonyl (C=O) groups is 1. The summed E-state index contributed by atoms with van der Waals surface area (Å²) in [5.41, 5.74) is 5.15. The molecule has 200 valence electrons. The number of ether oxygens (including phenoxy) is 1. The molecule has 2 heterocycles. The fourth-order valence-electron chi connectivity index (χ4n) is 5.34. The molecule has 4 atom stereocenters. The highest BCUT2D eigenvalue weighted by atomic mass is 32.2. The zero-order valence-corrected chi connectivity index (χ0v) is 22.4. The van der Waals surface area contributed by atoms with E-state index >= 15 is 0 Å². The van der Waals surface area contributed by atoms with Gasteiger partial charge >= 0.3 is 0 Å². The van der Waals surface area contributed by atoms with Crippen molar-refractivity contribution in [3.05, 3.63) is 76.5 Å². The van der Waals surface area contributed by atoms with Crippen LogP contribution in [-0.2, 0) is 22.2 Å². The van der Waals surface area contributed by atoms with E-state index in [4.69, 9.17) is 4.74 Å². The molecule has 1 fully saturated rings. The minimum Gasteiger partial charge on any atom is -0.508 e. The van der Waals surface area contributed by atoms with E-state index in [0.717, 1.165) is 33.5 Å². The van der Waals surface area contributed by atoms with Crippen LogP contribution in [0, 0.1) is 6.92 Å². The average molecular weight is 537 g/mol. The lowest BCUT2D eigenvalue weighted by Gasteiger charge is -2.19. The van der Waals surface area contributed by atoms with Gasteiger partial charge in [-0.05, 0) is 55.2 Å². The van der Waals surface area contributed by atoms with Gasteiger partial charge in [0.05, 0.1) is 23.6 Å². The highest BCUT2D eigenvalue weighted by Gasteiger charge is 2.36. The third kappa shape index (κ3) is 5.18. The van der Waals surface area contributed by atoms with E-state index in [9.17, 15) is 24.3 Å². The number of rotatable bonds is 7. The molecular formula is C29H32N2O6S. The Morgan fingerprint density at radius 3 is 2.55 bits per heavy atom. The van der Waals surface area contributed by atoms with Crippen molar-refractivity contribution in [1.29, 1.82) is 0 Å². The maximum atomic E-state index is 12.2. The number of hydrogen-bond donors (Lipinski definition) is 4. The summed E-state index contributed by atoms with van der Waals surface area (Å²) in [5.74, 6) is -0.176. The third-order valence-corrected chi connectivity index (χ3v) is 8.63. The van der Waals surface area contributed by atoms with Crippen molar-refractivity contribution in [2.75, 3.05) is 6.61 Å². The second kappa shape index (κ2) is 10.1. The molecule has 8 nitrogen and oxygen atoms in total. The van der Waals surface area contributed by atoms with Crippen LogP contribution in [0.15, 0.2) is 48.5 Å². The summed E-state index contributed by atoms with van der Waals surface area (Å²) in [6.07, 6.45) is 0.324. The van der Waals surface area contributed by atoms with Crippen LogP contribution in [0.5, 0.6) is 11.6 Å². The lowest BCUT2D eigenvalue weighted by atomic mass is 9.88. The summed E-state index contributed by atoms with van der Waals surface area (Å²) in [4.78, 5) is 16.2. The number of hydrogen-bond acceptors (Lipinski definition) is 7. The zero-order valence-electron chi connectivity index (χ0n) is 21.6. The SMILES string of the molecule is Cc1nc(OCCC(C)(C)O)ccc1-c1cccc2c1C[C@@H](O)C2c1ccc(C2CC(=O)NS2=O)c(O)c1. The number of fused-ring (bicyclic) bond motifs is 1. The van der Waals surface area contributed by atoms with Gasteiger partial charge in [-0.15, -0.1) is 0 Å². The Hall–Kier alpha value is -3.27. The molecule has 0 radical (unpaired) electrons. The van der Waals surface area contributed by atoms with Crippen molar-refractivity contribution in [3.8, 4) is 22.8 Å². The highest BCUT2D eigenvalue weighted by Crippen LogP contribution is 2.45. The molecule has 1 aliphatic heterocycles. The molecule has 3 aromatic rings. The topological polar surface area (TPSA) is 129 Å². The van der Waals surface area contributed by atoms with Crippen LogP contribution in [0.1, 0.15) is 65.8 Å². The molecule has 9 heteroatoms. The van der Waals surface area contributed by atoms with Gasteiger partial charge in [-0.2, -0.15) is 0 Å². The Morgan fingerprint density at radius 1 is 1.11 bits per heavy atom. The number of aromatic nitrogens is 1. The van der Waals surface area contributed by atoms with Gasteiger partial charge in [-0.3, -0.25) is 9.52 Å². The molecule has 1 aliphatic carbocycles. The molecule has 38 heavy (non-hydrogen) atoms. The number of aliphatic hydroxyl groups is 2. The number of benzene rings is 2. The number of phenols is 1. The second-order valence-corrected chi connectivity index (χ2v) is 12.0.